The number of amides is 1. The first-order valence-electron chi connectivity index (χ1n) is 10.5. The molecule has 1 saturated carbocycles. The van der Waals surface area contributed by atoms with Gasteiger partial charge in [0.15, 0.2) is 5.96 Å². The molecule has 1 fully saturated rings. The summed E-state index contributed by atoms with van der Waals surface area (Å²) in [7, 11) is 3.59. The number of rotatable bonds is 10. The van der Waals surface area contributed by atoms with Crippen LogP contribution in [0.1, 0.15) is 50.5 Å². The molecular weight excluding hydrogens is 479 g/mol. The Morgan fingerprint density at radius 1 is 1.14 bits per heavy atom. The molecule has 1 aromatic carbocycles. The van der Waals surface area contributed by atoms with E-state index in [2.05, 4.69) is 15.6 Å². The van der Waals surface area contributed by atoms with E-state index in [0.29, 0.717) is 25.6 Å². The third-order valence-electron chi connectivity index (χ3n) is 5.06. The molecule has 0 atom stereocenters. The first-order valence-corrected chi connectivity index (χ1v) is 10.5. The number of guanidine groups is 1. The summed E-state index contributed by atoms with van der Waals surface area (Å²) in [5.41, 5.74) is 1.14. The molecule has 0 unspecified atom stereocenters. The van der Waals surface area contributed by atoms with Crippen LogP contribution in [-0.4, -0.2) is 56.7 Å². The Labute approximate surface area is 192 Å². The standard InChI is InChI=1S/C22H36N4O2.HI/c1-23-22(24-15-9-17-28-20-12-7-4-8-13-20)25-16-14-21(27)26(2)18-19-10-5-3-6-11-19;/h3,5-6,10-11,20H,4,7-9,12-18H2,1-2H3,(H2,23,24,25);1H. The van der Waals surface area contributed by atoms with E-state index in [1.807, 2.05) is 37.4 Å². The fourth-order valence-corrected chi connectivity index (χ4v) is 3.41. The van der Waals surface area contributed by atoms with Crippen molar-refractivity contribution >= 4 is 35.8 Å². The largest absolute Gasteiger partial charge is 0.378 e. The lowest BCUT2D eigenvalue weighted by molar-refractivity contribution is -0.130. The molecular formula is C22H37IN4O2. The molecule has 7 heteroatoms. The molecule has 6 nitrogen and oxygen atoms in total. The van der Waals surface area contributed by atoms with Crippen LogP contribution in [-0.2, 0) is 16.1 Å². The zero-order chi connectivity index (χ0) is 20.0. The maximum atomic E-state index is 12.3. The third-order valence-corrected chi connectivity index (χ3v) is 5.06. The minimum Gasteiger partial charge on any atom is -0.378 e. The monoisotopic (exact) mass is 516 g/mol. The lowest BCUT2D eigenvalue weighted by atomic mass is 9.98. The topological polar surface area (TPSA) is 66.0 Å². The van der Waals surface area contributed by atoms with E-state index in [9.17, 15) is 4.79 Å². The zero-order valence-electron chi connectivity index (χ0n) is 17.9. The highest BCUT2D eigenvalue weighted by Gasteiger charge is 2.13. The van der Waals surface area contributed by atoms with Crippen molar-refractivity contribution in [3.8, 4) is 0 Å². The van der Waals surface area contributed by atoms with Gasteiger partial charge in [-0.25, -0.2) is 0 Å². The van der Waals surface area contributed by atoms with Crippen molar-refractivity contribution in [3.63, 3.8) is 0 Å². The molecule has 1 aliphatic rings. The van der Waals surface area contributed by atoms with Gasteiger partial charge < -0.3 is 20.3 Å². The van der Waals surface area contributed by atoms with Gasteiger partial charge in [-0.3, -0.25) is 9.79 Å². The average molecular weight is 516 g/mol. The Kier molecular flexibility index (Phi) is 13.7. The molecule has 164 valence electrons. The highest BCUT2D eigenvalue weighted by atomic mass is 127. The van der Waals surface area contributed by atoms with E-state index >= 15 is 0 Å². The first-order chi connectivity index (χ1) is 13.7. The van der Waals surface area contributed by atoms with Gasteiger partial charge in [0, 0.05) is 46.8 Å². The third kappa shape index (κ3) is 10.8. The van der Waals surface area contributed by atoms with E-state index in [1.165, 1.54) is 32.1 Å². The number of halogens is 1. The van der Waals surface area contributed by atoms with Crippen molar-refractivity contribution < 1.29 is 9.53 Å². The predicted octanol–water partition coefficient (Wildman–Crippen LogP) is 3.56. The number of hydrogen-bond donors (Lipinski definition) is 2. The summed E-state index contributed by atoms with van der Waals surface area (Å²) < 4.78 is 5.94. The van der Waals surface area contributed by atoms with Gasteiger partial charge in [-0.15, -0.1) is 24.0 Å². The Hall–Kier alpha value is -1.35. The van der Waals surface area contributed by atoms with Gasteiger partial charge in [-0.1, -0.05) is 49.6 Å². The van der Waals surface area contributed by atoms with Crippen molar-refractivity contribution in [2.75, 3.05) is 33.8 Å². The van der Waals surface area contributed by atoms with E-state index < -0.39 is 0 Å². The van der Waals surface area contributed by atoms with Crippen LogP contribution in [0.15, 0.2) is 35.3 Å². The Balaban J connectivity index is 0.00000420. The molecule has 29 heavy (non-hydrogen) atoms. The molecule has 1 aromatic rings. The SMILES string of the molecule is CN=C(NCCCOC1CCCCC1)NCCC(=O)N(C)Cc1ccccc1.I. The maximum absolute atomic E-state index is 12.3. The minimum atomic E-state index is 0. The van der Waals surface area contributed by atoms with Crippen molar-refractivity contribution in [3.05, 3.63) is 35.9 Å². The first kappa shape index (κ1) is 25.7. The van der Waals surface area contributed by atoms with Gasteiger partial charge in [0.1, 0.15) is 0 Å². The summed E-state index contributed by atoms with van der Waals surface area (Å²) in [5, 5.41) is 6.49. The second kappa shape index (κ2) is 15.5. The molecule has 0 aromatic heterocycles. The van der Waals surface area contributed by atoms with Crippen molar-refractivity contribution in [1.82, 2.24) is 15.5 Å². The van der Waals surface area contributed by atoms with Gasteiger partial charge in [-0.2, -0.15) is 0 Å². The quantitative estimate of drug-likeness (QED) is 0.216. The number of aliphatic imine (C=N–C) groups is 1. The number of carbonyl (C=O) groups is 1. The van der Waals surface area contributed by atoms with Crippen molar-refractivity contribution in [1.29, 1.82) is 0 Å². The summed E-state index contributed by atoms with van der Waals surface area (Å²) in [6.07, 6.45) is 8.24. The number of nitrogens with zero attached hydrogens (tertiary/aromatic N) is 2. The summed E-state index contributed by atoms with van der Waals surface area (Å²) in [5.74, 6) is 0.851. The van der Waals surface area contributed by atoms with Gasteiger partial charge in [0.25, 0.3) is 0 Å². The van der Waals surface area contributed by atoms with Crippen LogP contribution >= 0.6 is 24.0 Å². The van der Waals surface area contributed by atoms with Crippen LogP contribution in [0.25, 0.3) is 0 Å². The van der Waals surface area contributed by atoms with Crippen molar-refractivity contribution in [2.24, 2.45) is 4.99 Å². The molecule has 1 amide bonds. The van der Waals surface area contributed by atoms with E-state index in [-0.39, 0.29) is 29.9 Å². The minimum absolute atomic E-state index is 0. The number of benzene rings is 1. The molecule has 0 heterocycles. The number of hydrogen-bond acceptors (Lipinski definition) is 3. The normalized spacial score (nSPS) is 14.8. The highest BCUT2D eigenvalue weighted by molar-refractivity contribution is 14.0. The summed E-state index contributed by atoms with van der Waals surface area (Å²) >= 11 is 0. The summed E-state index contributed by atoms with van der Waals surface area (Å²) in [6.45, 7) is 2.80. The van der Waals surface area contributed by atoms with E-state index in [4.69, 9.17) is 4.74 Å². The van der Waals surface area contributed by atoms with Crippen LogP contribution in [0.4, 0.5) is 0 Å². The van der Waals surface area contributed by atoms with Gasteiger partial charge in [0.05, 0.1) is 6.10 Å². The van der Waals surface area contributed by atoms with Crippen LogP contribution in [0.5, 0.6) is 0 Å². The fourth-order valence-electron chi connectivity index (χ4n) is 3.41. The molecule has 2 N–H and O–H groups in total. The Morgan fingerprint density at radius 2 is 1.83 bits per heavy atom. The van der Waals surface area contributed by atoms with Crippen LogP contribution < -0.4 is 10.6 Å². The van der Waals surface area contributed by atoms with Gasteiger partial charge >= 0.3 is 0 Å². The van der Waals surface area contributed by atoms with Crippen LogP contribution in [0.2, 0.25) is 0 Å². The molecule has 1 aliphatic carbocycles. The molecule has 0 spiro atoms. The van der Waals surface area contributed by atoms with Crippen LogP contribution in [0.3, 0.4) is 0 Å². The zero-order valence-corrected chi connectivity index (χ0v) is 20.2. The fraction of sp³-hybridized carbons (Fsp3) is 0.636. The molecule has 0 radical (unpaired) electrons. The van der Waals surface area contributed by atoms with Gasteiger partial charge in [-0.05, 0) is 24.8 Å². The predicted molar refractivity (Wildman–Crippen MR) is 130 cm³/mol. The Morgan fingerprint density at radius 3 is 2.52 bits per heavy atom. The highest BCUT2D eigenvalue weighted by Crippen LogP contribution is 2.20. The van der Waals surface area contributed by atoms with Crippen LogP contribution in [0, 0.1) is 0 Å². The van der Waals surface area contributed by atoms with Gasteiger partial charge in [0.2, 0.25) is 5.91 Å². The molecule has 0 aliphatic heterocycles. The maximum Gasteiger partial charge on any atom is 0.224 e. The summed E-state index contributed by atoms with van der Waals surface area (Å²) in [6, 6.07) is 10.0. The smallest absolute Gasteiger partial charge is 0.224 e. The lowest BCUT2D eigenvalue weighted by Gasteiger charge is -2.22. The lowest BCUT2D eigenvalue weighted by Crippen LogP contribution is -2.40. The number of nitrogens with one attached hydrogen (secondary N) is 2. The van der Waals surface area contributed by atoms with E-state index in [1.54, 1.807) is 11.9 Å². The molecule has 2 rings (SSSR count). The second-order valence-electron chi connectivity index (χ2n) is 7.40. The molecule has 0 bridgehead atoms. The Bertz CT molecular complexity index is 592. The molecule has 0 saturated heterocycles. The van der Waals surface area contributed by atoms with E-state index in [0.717, 1.165) is 31.1 Å². The van der Waals surface area contributed by atoms with Crippen molar-refractivity contribution in [2.45, 2.75) is 57.6 Å². The number of ether oxygens (including phenoxy) is 1. The number of carbonyl (C=O) groups excluding carboxylic acids is 1. The summed E-state index contributed by atoms with van der Waals surface area (Å²) in [4.78, 5) is 18.2. The second-order valence-corrected chi connectivity index (χ2v) is 7.40. The average Bonchev–Trinajstić information content (AvgIpc) is 2.73.